The Bertz CT molecular complexity index is 600. The van der Waals surface area contributed by atoms with E-state index in [-0.39, 0.29) is 5.56 Å². The van der Waals surface area contributed by atoms with Crippen molar-refractivity contribution in [3.63, 3.8) is 0 Å². The summed E-state index contributed by atoms with van der Waals surface area (Å²) in [5, 5.41) is 12.1. The molecule has 0 saturated carbocycles. The molecule has 2 aromatic rings. The zero-order valence-corrected chi connectivity index (χ0v) is 11.9. The highest BCUT2D eigenvalue weighted by atomic mass is 16.5. The summed E-state index contributed by atoms with van der Waals surface area (Å²) in [6, 6.07) is 12.7. The number of para-hydroxylation sites is 1. The SMILES string of the molecule is Cc1cc(C(=O)O)cc(NCCCOc2ccccc2)n1. The molecule has 0 unspecified atom stereocenters. The number of benzene rings is 1. The monoisotopic (exact) mass is 286 g/mol. The summed E-state index contributed by atoms with van der Waals surface area (Å²) < 4.78 is 5.58. The van der Waals surface area contributed by atoms with E-state index in [9.17, 15) is 4.79 Å². The molecule has 0 aliphatic heterocycles. The number of hydrogen-bond donors (Lipinski definition) is 2. The predicted molar refractivity (Wildman–Crippen MR) is 81.0 cm³/mol. The first kappa shape index (κ1) is 14.8. The van der Waals surface area contributed by atoms with Crippen LogP contribution in [0.25, 0.3) is 0 Å². The molecule has 0 atom stereocenters. The van der Waals surface area contributed by atoms with Gasteiger partial charge in [0.25, 0.3) is 0 Å². The smallest absolute Gasteiger partial charge is 0.335 e. The molecule has 0 spiro atoms. The Kier molecular flexibility index (Phi) is 5.15. The van der Waals surface area contributed by atoms with Gasteiger partial charge in [-0.25, -0.2) is 9.78 Å². The van der Waals surface area contributed by atoms with Crippen molar-refractivity contribution in [3.8, 4) is 5.75 Å². The number of rotatable bonds is 7. The molecule has 0 aliphatic carbocycles. The van der Waals surface area contributed by atoms with E-state index in [0.29, 0.717) is 24.7 Å². The van der Waals surface area contributed by atoms with Crippen LogP contribution in [0.2, 0.25) is 0 Å². The average Bonchev–Trinajstić information content (AvgIpc) is 2.47. The number of ether oxygens (including phenoxy) is 1. The molecule has 1 heterocycles. The molecule has 0 fully saturated rings. The van der Waals surface area contributed by atoms with Crippen LogP contribution in [0.1, 0.15) is 22.5 Å². The standard InChI is InChI=1S/C16H18N2O3/c1-12-10-13(16(19)20)11-15(18-12)17-8-5-9-21-14-6-3-2-4-7-14/h2-4,6-7,10-11H,5,8-9H2,1H3,(H,17,18)(H,19,20). The van der Waals surface area contributed by atoms with Crippen LogP contribution in [-0.4, -0.2) is 29.2 Å². The van der Waals surface area contributed by atoms with Gasteiger partial charge in [-0.2, -0.15) is 0 Å². The quantitative estimate of drug-likeness (QED) is 0.766. The van der Waals surface area contributed by atoms with Crippen LogP contribution in [0, 0.1) is 6.92 Å². The highest BCUT2D eigenvalue weighted by Gasteiger charge is 2.06. The Hall–Kier alpha value is -2.56. The van der Waals surface area contributed by atoms with Crippen molar-refractivity contribution in [1.29, 1.82) is 0 Å². The molecule has 2 rings (SSSR count). The summed E-state index contributed by atoms with van der Waals surface area (Å²) in [5.74, 6) is 0.474. The molecule has 0 saturated heterocycles. The van der Waals surface area contributed by atoms with Crippen LogP contribution in [-0.2, 0) is 0 Å². The molecule has 110 valence electrons. The third-order valence-corrected chi connectivity index (χ3v) is 2.84. The maximum absolute atomic E-state index is 11.0. The summed E-state index contributed by atoms with van der Waals surface area (Å²) in [6.07, 6.45) is 0.799. The lowest BCUT2D eigenvalue weighted by molar-refractivity contribution is 0.0696. The Morgan fingerprint density at radius 1 is 1.29 bits per heavy atom. The minimum Gasteiger partial charge on any atom is -0.494 e. The molecule has 1 aromatic heterocycles. The van der Waals surface area contributed by atoms with Gasteiger partial charge in [0.05, 0.1) is 12.2 Å². The normalized spacial score (nSPS) is 10.1. The van der Waals surface area contributed by atoms with Crippen LogP contribution in [0.3, 0.4) is 0 Å². The Morgan fingerprint density at radius 3 is 2.76 bits per heavy atom. The van der Waals surface area contributed by atoms with E-state index in [0.717, 1.165) is 12.2 Å². The Labute approximate surface area is 123 Å². The fourth-order valence-corrected chi connectivity index (χ4v) is 1.88. The van der Waals surface area contributed by atoms with Gasteiger partial charge >= 0.3 is 5.97 Å². The molecule has 2 N–H and O–H groups in total. The topological polar surface area (TPSA) is 71.5 Å². The zero-order chi connectivity index (χ0) is 15.1. The summed E-state index contributed by atoms with van der Waals surface area (Å²) >= 11 is 0. The van der Waals surface area contributed by atoms with Crippen molar-refractivity contribution in [2.45, 2.75) is 13.3 Å². The predicted octanol–water partition coefficient (Wildman–Crippen LogP) is 2.97. The van der Waals surface area contributed by atoms with E-state index in [1.54, 1.807) is 13.0 Å². The van der Waals surface area contributed by atoms with Gasteiger partial charge in [-0.1, -0.05) is 18.2 Å². The first-order valence-electron chi connectivity index (χ1n) is 6.79. The molecular formula is C16H18N2O3. The highest BCUT2D eigenvalue weighted by Crippen LogP contribution is 2.11. The third kappa shape index (κ3) is 4.80. The van der Waals surface area contributed by atoms with Crippen molar-refractivity contribution in [1.82, 2.24) is 4.98 Å². The molecule has 21 heavy (non-hydrogen) atoms. The fourth-order valence-electron chi connectivity index (χ4n) is 1.88. The maximum Gasteiger partial charge on any atom is 0.335 e. The molecule has 5 nitrogen and oxygen atoms in total. The number of carboxylic acid groups (broad SMARTS) is 1. The number of carboxylic acids is 1. The number of nitrogens with zero attached hydrogens (tertiary/aromatic N) is 1. The number of hydrogen-bond acceptors (Lipinski definition) is 4. The molecule has 0 aliphatic rings. The van der Waals surface area contributed by atoms with Gasteiger partial charge in [0.2, 0.25) is 0 Å². The van der Waals surface area contributed by atoms with E-state index in [2.05, 4.69) is 10.3 Å². The number of aromatic carboxylic acids is 1. The van der Waals surface area contributed by atoms with Crippen molar-refractivity contribution < 1.29 is 14.6 Å². The van der Waals surface area contributed by atoms with Gasteiger partial charge in [-0.05, 0) is 37.6 Å². The molecule has 5 heteroatoms. The molecule has 1 aromatic carbocycles. The average molecular weight is 286 g/mol. The molecular weight excluding hydrogens is 268 g/mol. The van der Waals surface area contributed by atoms with E-state index in [4.69, 9.17) is 9.84 Å². The van der Waals surface area contributed by atoms with E-state index < -0.39 is 5.97 Å². The zero-order valence-electron chi connectivity index (χ0n) is 11.9. The maximum atomic E-state index is 11.0. The summed E-state index contributed by atoms with van der Waals surface area (Å²) in [5.41, 5.74) is 0.920. The lowest BCUT2D eigenvalue weighted by atomic mass is 10.2. The second-order valence-corrected chi connectivity index (χ2v) is 4.63. The van der Waals surface area contributed by atoms with Crippen molar-refractivity contribution in [2.24, 2.45) is 0 Å². The summed E-state index contributed by atoms with van der Waals surface area (Å²) in [4.78, 5) is 15.2. The lowest BCUT2D eigenvalue weighted by Crippen LogP contribution is -2.09. The number of anilines is 1. The van der Waals surface area contributed by atoms with Gasteiger partial charge in [0.1, 0.15) is 11.6 Å². The third-order valence-electron chi connectivity index (χ3n) is 2.84. The van der Waals surface area contributed by atoms with Crippen molar-refractivity contribution in [3.05, 3.63) is 53.7 Å². The van der Waals surface area contributed by atoms with Gasteiger partial charge in [0.15, 0.2) is 0 Å². The van der Waals surface area contributed by atoms with Crippen molar-refractivity contribution in [2.75, 3.05) is 18.5 Å². The molecule has 0 radical (unpaired) electrons. The Morgan fingerprint density at radius 2 is 2.05 bits per heavy atom. The number of aryl methyl sites for hydroxylation is 1. The largest absolute Gasteiger partial charge is 0.494 e. The van der Waals surface area contributed by atoms with E-state index in [1.807, 2.05) is 30.3 Å². The second kappa shape index (κ2) is 7.28. The van der Waals surface area contributed by atoms with E-state index >= 15 is 0 Å². The second-order valence-electron chi connectivity index (χ2n) is 4.63. The van der Waals surface area contributed by atoms with Crippen LogP contribution in [0.4, 0.5) is 5.82 Å². The van der Waals surface area contributed by atoms with E-state index in [1.165, 1.54) is 6.07 Å². The lowest BCUT2D eigenvalue weighted by Gasteiger charge is -2.09. The first-order valence-corrected chi connectivity index (χ1v) is 6.79. The number of aromatic nitrogens is 1. The van der Waals surface area contributed by atoms with Gasteiger partial charge in [-0.15, -0.1) is 0 Å². The van der Waals surface area contributed by atoms with Gasteiger partial charge < -0.3 is 15.2 Å². The summed E-state index contributed by atoms with van der Waals surface area (Å²) in [6.45, 7) is 3.03. The molecule has 0 bridgehead atoms. The highest BCUT2D eigenvalue weighted by molar-refractivity contribution is 5.88. The fraction of sp³-hybridized carbons (Fsp3) is 0.250. The van der Waals surface area contributed by atoms with Crippen LogP contribution >= 0.6 is 0 Å². The minimum atomic E-state index is -0.948. The first-order chi connectivity index (χ1) is 10.1. The Balaban J connectivity index is 1.77. The number of nitrogens with one attached hydrogen (secondary N) is 1. The minimum absolute atomic E-state index is 0.241. The van der Waals surface area contributed by atoms with Gasteiger partial charge in [-0.3, -0.25) is 0 Å². The van der Waals surface area contributed by atoms with Crippen LogP contribution < -0.4 is 10.1 Å². The summed E-state index contributed by atoms with van der Waals surface area (Å²) in [7, 11) is 0. The van der Waals surface area contributed by atoms with Crippen LogP contribution in [0.5, 0.6) is 5.75 Å². The number of carbonyl (C=O) groups is 1. The van der Waals surface area contributed by atoms with Crippen molar-refractivity contribution >= 4 is 11.8 Å². The van der Waals surface area contributed by atoms with Gasteiger partial charge in [0, 0.05) is 12.2 Å². The molecule has 0 amide bonds. The number of pyridine rings is 1. The van der Waals surface area contributed by atoms with Crippen LogP contribution in [0.15, 0.2) is 42.5 Å².